The van der Waals surface area contributed by atoms with E-state index in [4.69, 9.17) is 10.5 Å². The van der Waals surface area contributed by atoms with E-state index in [2.05, 4.69) is 27.8 Å². The first-order valence-corrected chi connectivity index (χ1v) is 8.70. The van der Waals surface area contributed by atoms with Crippen LogP contribution in [0.2, 0.25) is 0 Å². The summed E-state index contributed by atoms with van der Waals surface area (Å²) in [6, 6.07) is 9.24. The van der Waals surface area contributed by atoms with Crippen LogP contribution in [0.5, 0.6) is 0 Å². The van der Waals surface area contributed by atoms with Gasteiger partial charge in [0.25, 0.3) is 0 Å². The van der Waals surface area contributed by atoms with E-state index in [1.54, 1.807) is 19.1 Å². The van der Waals surface area contributed by atoms with E-state index < -0.39 is 6.09 Å². The van der Waals surface area contributed by atoms with Crippen LogP contribution in [-0.2, 0) is 16.1 Å². The SMILES string of the molecule is C=C(C)/C(Br)=C\C=C(/C)C(=O)/C(NC(=O)OCc1ccccc1)=C(/C)N. The molecule has 1 aromatic rings. The molecule has 0 saturated heterocycles. The third kappa shape index (κ3) is 7.11. The van der Waals surface area contributed by atoms with Crippen molar-refractivity contribution in [2.45, 2.75) is 27.4 Å². The van der Waals surface area contributed by atoms with Gasteiger partial charge in [0.1, 0.15) is 12.3 Å². The summed E-state index contributed by atoms with van der Waals surface area (Å²) in [7, 11) is 0. The van der Waals surface area contributed by atoms with E-state index in [1.165, 1.54) is 6.92 Å². The van der Waals surface area contributed by atoms with Crippen LogP contribution in [0, 0.1) is 0 Å². The lowest BCUT2D eigenvalue weighted by atomic mass is 10.1. The maximum Gasteiger partial charge on any atom is 0.412 e. The number of Topliss-reactive ketones (excluding diaryl/α,β-unsaturated/α-hetero) is 1. The number of carbonyl (C=O) groups is 2. The highest BCUT2D eigenvalue weighted by molar-refractivity contribution is 9.12. The van der Waals surface area contributed by atoms with Gasteiger partial charge in [-0.1, -0.05) is 58.9 Å². The van der Waals surface area contributed by atoms with Gasteiger partial charge in [0.05, 0.1) is 0 Å². The van der Waals surface area contributed by atoms with Crippen LogP contribution in [0.3, 0.4) is 0 Å². The number of hydrogen-bond donors (Lipinski definition) is 2. The van der Waals surface area contributed by atoms with Gasteiger partial charge in [-0.25, -0.2) is 4.79 Å². The van der Waals surface area contributed by atoms with Crippen molar-refractivity contribution in [3.8, 4) is 0 Å². The molecule has 1 rings (SSSR count). The summed E-state index contributed by atoms with van der Waals surface area (Å²) in [5, 5.41) is 2.43. The smallest absolute Gasteiger partial charge is 0.412 e. The van der Waals surface area contributed by atoms with Gasteiger partial charge in [-0.15, -0.1) is 0 Å². The molecular formula is C20H23BrN2O3. The minimum Gasteiger partial charge on any atom is -0.444 e. The lowest BCUT2D eigenvalue weighted by molar-refractivity contribution is -0.112. The molecule has 0 aliphatic rings. The number of rotatable bonds is 7. The Balaban J connectivity index is 2.79. The first-order chi connectivity index (χ1) is 12.2. The zero-order valence-electron chi connectivity index (χ0n) is 15.1. The van der Waals surface area contributed by atoms with Crippen LogP contribution in [0.4, 0.5) is 4.79 Å². The van der Waals surface area contributed by atoms with E-state index in [0.717, 1.165) is 15.6 Å². The molecule has 5 nitrogen and oxygen atoms in total. The molecule has 0 fully saturated rings. The normalized spacial score (nSPS) is 12.9. The maximum atomic E-state index is 12.5. The fourth-order valence-corrected chi connectivity index (χ4v) is 1.94. The molecule has 3 N–H and O–H groups in total. The van der Waals surface area contributed by atoms with Crippen LogP contribution in [0.25, 0.3) is 0 Å². The monoisotopic (exact) mass is 418 g/mol. The quantitative estimate of drug-likeness (QED) is 0.505. The number of alkyl carbamates (subject to hydrolysis) is 1. The fraction of sp³-hybridized carbons (Fsp3) is 0.200. The number of allylic oxidation sites excluding steroid dienone is 6. The second kappa shape index (κ2) is 10.4. The molecule has 1 aromatic carbocycles. The largest absolute Gasteiger partial charge is 0.444 e. The van der Waals surface area contributed by atoms with Crippen molar-refractivity contribution in [2.75, 3.05) is 0 Å². The molecule has 0 spiro atoms. The summed E-state index contributed by atoms with van der Waals surface area (Å²) in [6.45, 7) is 8.91. The summed E-state index contributed by atoms with van der Waals surface area (Å²) in [5.41, 5.74) is 8.03. The second-order valence-corrected chi connectivity index (χ2v) is 6.57. The van der Waals surface area contributed by atoms with E-state index in [-0.39, 0.29) is 23.8 Å². The van der Waals surface area contributed by atoms with Crippen LogP contribution >= 0.6 is 15.9 Å². The number of ether oxygens (including phenoxy) is 1. The molecule has 0 aliphatic carbocycles. The summed E-state index contributed by atoms with van der Waals surface area (Å²) in [5.74, 6) is -0.389. The summed E-state index contributed by atoms with van der Waals surface area (Å²) < 4.78 is 5.90. The first kappa shape index (κ1) is 21.4. The van der Waals surface area contributed by atoms with Crippen molar-refractivity contribution in [3.05, 3.63) is 81.6 Å². The average Bonchev–Trinajstić information content (AvgIpc) is 2.62. The van der Waals surface area contributed by atoms with E-state index in [9.17, 15) is 9.59 Å². The standard InChI is InChI=1S/C20H23BrN2O3/c1-13(2)17(21)11-10-14(3)19(24)18(15(4)22)23-20(25)26-12-16-8-6-5-7-9-16/h5-11H,1,12,22H2,2-4H3,(H,23,25)/b14-10+,17-11+,18-15+. The van der Waals surface area contributed by atoms with Gasteiger partial charge in [-0.05, 0) is 43.6 Å². The van der Waals surface area contributed by atoms with Gasteiger partial charge in [0, 0.05) is 10.2 Å². The van der Waals surface area contributed by atoms with Crippen molar-refractivity contribution >= 4 is 27.8 Å². The van der Waals surface area contributed by atoms with Gasteiger partial charge < -0.3 is 10.5 Å². The highest BCUT2D eigenvalue weighted by Gasteiger charge is 2.17. The molecule has 138 valence electrons. The molecule has 1 amide bonds. The maximum absolute atomic E-state index is 12.5. The zero-order valence-corrected chi connectivity index (χ0v) is 16.7. The van der Waals surface area contributed by atoms with Gasteiger partial charge in [-0.2, -0.15) is 0 Å². The molecule has 6 heteroatoms. The molecule has 0 radical (unpaired) electrons. The molecular weight excluding hydrogens is 396 g/mol. The number of hydrogen-bond acceptors (Lipinski definition) is 4. The van der Waals surface area contributed by atoms with Gasteiger partial charge in [-0.3, -0.25) is 10.1 Å². The van der Waals surface area contributed by atoms with E-state index >= 15 is 0 Å². The Morgan fingerprint density at radius 2 is 1.81 bits per heavy atom. The topological polar surface area (TPSA) is 81.4 Å². The average molecular weight is 419 g/mol. The molecule has 0 saturated carbocycles. The molecule has 0 heterocycles. The second-order valence-electron chi connectivity index (χ2n) is 5.72. The molecule has 26 heavy (non-hydrogen) atoms. The Labute approximate surface area is 162 Å². The van der Waals surface area contributed by atoms with E-state index in [0.29, 0.717) is 5.57 Å². The van der Waals surface area contributed by atoms with Gasteiger partial charge in [0.15, 0.2) is 0 Å². The number of nitrogens with two attached hydrogens (primary N) is 1. The summed E-state index contributed by atoms with van der Waals surface area (Å²) in [4.78, 5) is 24.5. The number of nitrogens with one attached hydrogen (secondary N) is 1. The summed E-state index contributed by atoms with van der Waals surface area (Å²) in [6.07, 6.45) is 2.60. The van der Waals surface area contributed by atoms with Crippen molar-refractivity contribution in [3.63, 3.8) is 0 Å². The molecule has 0 bridgehead atoms. The predicted octanol–water partition coefficient (Wildman–Crippen LogP) is 4.47. The number of amides is 1. The number of halogens is 1. The number of benzene rings is 1. The number of ketones is 1. The number of carbonyl (C=O) groups excluding carboxylic acids is 2. The lowest BCUT2D eigenvalue weighted by Crippen LogP contribution is -2.30. The molecule has 0 aliphatic heterocycles. The van der Waals surface area contributed by atoms with Crippen molar-refractivity contribution in [2.24, 2.45) is 5.73 Å². The first-order valence-electron chi connectivity index (χ1n) is 7.91. The summed E-state index contributed by atoms with van der Waals surface area (Å²) >= 11 is 3.35. The van der Waals surface area contributed by atoms with Crippen LogP contribution < -0.4 is 11.1 Å². The third-order valence-corrected chi connectivity index (χ3v) is 4.25. The Kier molecular flexibility index (Phi) is 8.58. The molecule has 0 atom stereocenters. The van der Waals surface area contributed by atoms with Crippen LogP contribution in [0.15, 0.2) is 76.1 Å². The van der Waals surface area contributed by atoms with Crippen LogP contribution in [-0.4, -0.2) is 11.9 Å². The Hall–Kier alpha value is -2.60. The zero-order chi connectivity index (χ0) is 19.7. The highest BCUT2D eigenvalue weighted by Crippen LogP contribution is 2.15. The van der Waals surface area contributed by atoms with E-state index in [1.807, 2.05) is 37.3 Å². The Morgan fingerprint density at radius 1 is 1.19 bits per heavy atom. The van der Waals surface area contributed by atoms with Crippen molar-refractivity contribution < 1.29 is 14.3 Å². The molecule has 0 unspecified atom stereocenters. The lowest BCUT2D eigenvalue weighted by Gasteiger charge is -2.11. The van der Waals surface area contributed by atoms with Crippen LogP contribution in [0.1, 0.15) is 26.3 Å². The van der Waals surface area contributed by atoms with Crippen molar-refractivity contribution in [1.29, 1.82) is 0 Å². The minimum atomic E-state index is -0.742. The fourth-order valence-electron chi connectivity index (χ4n) is 1.81. The van der Waals surface area contributed by atoms with Gasteiger partial charge in [0.2, 0.25) is 5.78 Å². The Bertz CT molecular complexity index is 774. The Morgan fingerprint density at radius 3 is 2.35 bits per heavy atom. The highest BCUT2D eigenvalue weighted by atomic mass is 79.9. The minimum absolute atomic E-state index is 0.00309. The predicted molar refractivity (Wildman–Crippen MR) is 107 cm³/mol. The van der Waals surface area contributed by atoms with Gasteiger partial charge >= 0.3 is 6.09 Å². The molecule has 0 aromatic heterocycles. The third-order valence-electron chi connectivity index (χ3n) is 3.31. The van der Waals surface area contributed by atoms with Crippen molar-refractivity contribution in [1.82, 2.24) is 5.32 Å².